The van der Waals surface area contributed by atoms with Crippen molar-refractivity contribution in [3.63, 3.8) is 0 Å². The van der Waals surface area contributed by atoms with Gasteiger partial charge in [0.05, 0.1) is 12.1 Å². The van der Waals surface area contributed by atoms with Crippen LogP contribution in [0.25, 0.3) is 10.6 Å². The molecule has 1 aromatic heterocycles. The van der Waals surface area contributed by atoms with Gasteiger partial charge in [0, 0.05) is 15.5 Å². The lowest BCUT2D eigenvalue weighted by atomic mass is 10.1. The fourth-order valence-corrected chi connectivity index (χ4v) is 3.28. The summed E-state index contributed by atoms with van der Waals surface area (Å²) in [6.45, 7) is 4.15. The Balaban J connectivity index is 2.33. The van der Waals surface area contributed by atoms with Gasteiger partial charge >= 0.3 is 5.97 Å². The van der Waals surface area contributed by atoms with E-state index < -0.39 is 5.97 Å². The van der Waals surface area contributed by atoms with Crippen LogP contribution in [0.1, 0.15) is 36.8 Å². The van der Waals surface area contributed by atoms with E-state index in [0.29, 0.717) is 11.4 Å². The molecule has 5 heteroatoms. The molecule has 0 fully saturated rings. The smallest absolute Gasteiger partial charge is 0.303 e. The van der Waals surface area contributed by atoms with Gasteiger partial charge in [0.25, 0.3) is 0 Å². The highest BCUT2D eigenvalue weighted by Gasteiger charge is 2.16. The zero-order chi connectivity index (χ0) is 14.7. The maximum Gasteiger partial charge on any atom is 0.303 e. The second kappa shape index (κ2) is 6.37. The van der Waals surface area contributed by atoms with Crippen molar-refractivity contribution in [2.75, 3.05) is 0 Å². The number of aliphatic carboxylic acids is 1. The van der Waals surface area contributed by atoms with E-state index in [0.717, 1.165) is 21.1 Å². The first-order chi connectivity index (χ1) is 9.47. The maximum absolute atomic E-state index is 10.7. The van der Waals surface area contributed by atoms with Crippen LogP contribution in [-0.4, -0.2) is 16.1 Å². The van der Waals surface area contributed by atoms with Gasteiger partial charge in [0.2, 0.25) is 0 Å². The highest BCUT2D eigenvalue weighted by molar-refractivity contribution is 7.15. The molecule has 0 radical (unpaired) electrons. The first kappa shape index (κ1) is 15.0. The van der Waals surface area contributed by atoms with Crippen molar-refractivity contribution in [3.8, 4) is 10.6 Å². The number of hydrogen-bond acceptors (Lipinski definition) is 3. The van der Waals surface area contributed by atoms with Crippen molar-refractivity contribution < 1.29 is 9.90 Å². The van der Waals surface area contributed by atoms with Crippen LogP contribution in [0.4, 0.5) is 0 Å². The molecule has 106 valence electrons. The Morgan fingerprint density at radius 3 is 2.55 bits per heavy atom. The van der Waals surface area contributed by atoms with Crippen molar-refractivity contribution >= 4 is 28.9 Å². The van der Waals surface area contributed by atoms with Crippen LogP contribution < -0.4 is 0 Å². The number of carboxylic acid groups (broad SMARTS) is 1. The highest BCUT2D eigenvalue weighted by Crippen LogP contribution is 2.33. The topological polar surface area (TPSA) is 50.2 Å². The molecule has 0 saturated heterocycles. The molecule has 0 bridgehead atoms. The third kappa shape index (κ3) is 3.58. The molecular weight excluding hydrogens is 294 g/mol. The molecule has 0 saturated carbocycles. The van der Waals surface area contributed by atoms with Gasteiger partial charge in [-0.1, -0.05) is 37.6 Å². The number of carbonyl (C=O) groups is 1. The average molecular weight is 310 g/mol. The lowest BCUT2D eigenvalue weighted by Gasteiger charge is -2.03. The second-order valence-electron chi connectivity index (χ2n) is 4.88. The first-order valence-electron chi connectivity index (χ1n) is 6.44. The van der Waals surface area contributed by atoms with E-state index in [2.05, 4.69) is 18.8 Å². The summed E-state index contributed by atoms with van der Waals surface area (Å²) in [7, 11) is 0. The van der Waals surface area contributed by atoms with Gasteiger partial charge in [-0.25, -0.2) is 4.98 Å². The summed E-state index contributed by atoms with van der Waals surface area (Å²) in [5.74, 6) is -0.489. The number of rotatable bonds is 5. The van der Waals surface area contributed by atoms with Crippen LogP contribution in [0.2, 0.25) is 5.02 Å². The Hall–Kier alpha value is -1.39. The minimum Gasteiger partial charge on any atom is -0.481 e. The number of aromatic nitrogens is 1. The summed E-state index contributed by atoms with van der Waals surface area (Å²) in [5, 5.41) is 10.4. The molecule has 0 aliphatic rings. The lowest BCUT2D eigenvalue weighted by molar-refractivity contribution is -0.136. The minimum absolute atomic E-state index is 0.141. The van der Waals surface area contributed by atoms with E-state index in [9.17, 15) is 4.79 Å². The van der Waals surface area contributed by atoms with Crippen LogP contribution in [0.3, 0.4) is 0 Å². The summed E-state index contributed by atoms with van der Waals surface area (Å²) in [6.07, 6.45) is 0.677. The monoisotopic (exact) mass is 309 g/mol. The minimum atomic E-state index is -0.777. The zero-order valence-corrected chi connectivity index (χ0v) is 13.0. The third-order valence-corrected chi connectivity index (χ3v) is 4.36. The van der Waals surface area contributed by atoms with Crippen LogP contribution >= 0.6 is 22.9 Å². The number of carboxylic acids is 1. The molecule has 0 spiro atoms. The van der Waals surface area contributed by atoms with Gasteiger partial charge in [-0.15, -0.1) is 11.3 Å². The van der Waals surface area contributed by atoms with Crippen LogP contribution in [0.15, 0.2) is 24.3 Å². The van der Waals surface area contributed by atoms with Crippen LogP contribution in [0.5, 0.6) is 0 Å². The van der Waals surface area contributed by atoms with Gasteiger partial charge in [0.15, 0.2) is 0 Å². The fraction of sp³-hybridized carbons (Fsp3) is 0.333. The normalized spacial score (nSPS) is 11.0. The molecule has 0 aliphatic heterocycles. The van der Waals surface area contributed by atoms with E-state index >= 15 is 0 Å². The summed E-state index contributed by atoms with van der Waals surface area (Å²) in [4.78, 5) is 16.5. The van der Waals surface area contributed by atoms with Gasteiger partial charge in [-0.3, -0.25) is 4.79 Å². The molecule has 1 N–H and O–H groups in total. The van der Waals surface area contributed by atoms with Crippen molar-refractivity contribution in [2.45, 2.75) is 32.6 Å². The fourth-order valence-electron chi connectivity index (χ4n) is 1.93. The third-order valence-electron chi connectivity index (χ3n) is 2.93. The molecule has 2 aromatic rings. The van der Waals surface area contributed by atoms with Gasteiger partial charge in [0.1, 0.15) is 5.01 Å². The number of benzene rings is 1. The zero-order valence-electron chi connectivity index (χ0n) is 11.4. The second-order valence-corrected chi connectivity index (χ2v) is 6.40. The van der Waals surface area contributed by atoms with Gasteiger partial charge in [-0.05, 0) is 24.5 Å². The van der Waals surface area contributed by atoms with E-state index in [1.54, 1.807) is 11.3 Å². The Kier molecular flexibility index (Phi) is 4.78. The highest BCUT2D eigenvalue weighted by atomic mass is 35.5. The molecule has 3 nitrogen and oxygen atoms in total. The molecule has 1 aromatic carbocycles. The molecule has 0 aliphatic carbocycles. The summed E-state index contributed by atoms with van der Waals surface area (Å²) < 4.78 is 0. The van der Waals surface area contributed by atoms with E-state index in [4.69, 9.17) is 16.7 Å². The van der Waals surface area contributed by atoms with Gasteiger partial charge < -0.3 is 5.11 Å². The predicted octanol–water partition coefficient (Wildman–Crippen LogP) is 4.60. The van der Waals surface area contributed by atoms with Crippen molar-refractivity contribution in [1.29, 1.82) is 0 Å². The summed E-state index contributed by atoms with van der Waals surface area (Å²) >= 11 is 7.46. The number of aryl methyl sites for hydroxylation is 1. The van der Waals surface area contributed by atoms with E-state index in [-0.39, 0.29) is 12.3 Å². The molecule has 1 heterocycles. The van der Waals surface area contributed by atoms with Gasteiger partial charge in [-0.2, -0.15) is 0 Å². The SMILES string of the molecule is CC(C)c1nc(-c2ccc(Cl)cc2)sc1CCC(=O)O. The Morgan fingerprint density at radius 2 is 2.00 bits per heavy atom. The first-order valence-corrected chi connectivity index (χ1v) is 7.64. The van der Waals surface area contributed by atoms with E-state index in [1.807, 2.05) is 24.3 Å². The van der Waals surface area contributed by atoms with Crippen LogP contribution in [-0.2, 0) is 11.2 Å². The standard InChI is InChI=1S/C15H16ClNO2S/c1-9(2)14-12(7-8-13(18)19)20-15(17-14)10-3-5-11(16)6-4-10/h3-6,9H,7-8H2,1-2H3,(H,18,19). The van der Waals surface area contributed by atoms with E-state index in [1.165, 1.54) is 0 Å². The molecule has 20 heavy (non-hydrogen) atoms. The molecular formula is C15H16ClNO2S. The largest absolute Gasteiger partial charge is 0.481 e. The van der Waals surface area contributed by atoms with Crippen molar-refractivity contribution in [3.05, 3.63) is 39.9 Å². The Bertz CT molecular complexity index is 605. The summed E-state index contributed by atoms with van der Waals surface area (Å²) in [5.41, 5.74) is 2.02. The Morgan fingerprint density at radius 1 is 1.35 bits per heavy atom. The van der Waals surface area contributed by atoms with Crippen LogP contribution in [0, 0.1) is 0 Å². The molecule has 0 amide bonds. The predicted molar refractivity (Wildman–Crippen MR) is 82.6 cm³/mol. The molecule has 2 rings (SSSR count). The quantitative estimate of drug-likeness (QED) is 0.877. The number of thiazole rings is 1. The number of nitrogens with zero attached hydrogens (tertiary/aromatic N) is 1. The summed E-state index contributed by atoms with van der Waals surface area (Å²) in [6, 6.07) is 7.55. The maximum atomic E-state index is 10.7. The van der Waals surface area contributed by atoms with Crippen molar-refractivity contribution in [2.24, 2.45) is 0 Å². The molecule has 0 unspecified atom stereocenters. The Labute approximate surface area is 127 Å². The number of hydrogen-bond donors (Lipinski definition) is 1. The number of halogens is 1. The molecule has 0 atom stereocenters. The lowest BCUT2D eigenvalue weighted by Crippen LogP contribution is -1.99. The van der Waals surface area contributed by atoms with Crippen molar-refractivity contribution in [1.82, 2.24) is 4.98 Å². The average Bonchev–Trinajstić information content (AvgIpc) is 2.81.